The Kier molecular flexibility index (Phi) is 5.07. The first kappa shape index (κ1) is 19.5. The van der Waals surface area contributed by atoms with Crippen molar-refractivity contribution in [3.63, 3.8) is 0 Å². The van der Waals surface area contributed by atoms with Crippen molar-refractivity contribution in [3.8, 4) is 0 Å². The largest absolute Gasteiger partial charge is 0.378 e. The topological polar surface area (TPSA) is 77.2 Å². The van der Waals surface area contributed by atoms with Gasteiger partial charge in [-0.3, -0.25) is 4.79 Å². The average Bonchev–Trinajstić information content (AvgIpc) is 3.34. The second-order valence-electron chi connectivity index (χ2n) is 7.80. The van der Waals surface area contributed by atoms with Gasteiger partial charge < -0.3 is 15.8 Å². The second kappa shape index (κ2) is 6.75. The van der Waals surface area contributed by atoms with E-state index >= 15 is 0 Å². The molecule has 4 rings (SSSR count). The third-order valence-corrected chi connectivity index (χ3v) is 7.01. The molecule has 3 N–H and O–H groups in total. The highest BCUT2D eigenvalue weighted by Gasteiger charge is 2.62. The van der Waals surface area contributed by atoms with Crippen molar-refractivity contribution in [3.05, 3.63) is 23.2 Å². The van der Waals surface area contributed by atoms with Crippen molar-refractivity contribution in [2.24, 2.45) is 11.1 Å². The van der Waals surface area contributed by atoms with E-state index in [2.05, 4.69) is 10.3 Å². The van der Waals surface area contributed by atoms with Crippen molar-refractivity contribution >= 4 is 45.6 Å². The molecular weight excluding hydrogens is 370 g/mol. The number of hydrogen-bond donors (Lipinski definition) is 2. The highest BCUT2D eigenvalue weighted by Crippen LogP contribution is 2.50. The number of ether oxygens (including phenoxy) is 1. The smallest absolute Gasteiger partial charge is 0.245 e. The SMILES string of the molecule is CCOC1CC(N)(C(=O)Nc2ccc3nc(C4CC4)sc3c2)C1(C)C.Cl. The highest BCUT2D eigenvalue weighted by molar-refractivity contribution is 7.18. The molecule has 26 heavy (non-hydrogen) atoms. The van der Waals surface area contributed by atoms with Crippen molar-refractivity contribution in [1.29, 1.82) is 0 Å². The number of nitrogens with two attached hydrogens (primary N) is 1. The maximum absolute atomic E-state index is 12.8. The minimum Gasteiger partial charge on any atom is -0.378 e. The van der Waals surface area contributed by atoms with E-state index in [9.17, 15) is 4.79 Å². The predicted octanol–water partition coefficient (Wildman–Crippen LogP) is 4.07. The van der Waals surface area contributed by atoms with Crippen LogP contribution < -0.4 is 11.1 Å². The molecule has 2 fully saturated rings. The number of thiazole rings is 1. The van der Waals surface area contributed by atoms with Crippen LogP contribution in [0.4, 0.5) is 5.69 Å². The summed E-state index contributed by atoms with van der Waals surface area (Å²) in [5, 5.41) is 4.22. The summed E-state index contributed by atoms with van der Waals surface area (Å²) in [4.78, 5) is 17.5. The van der Waals surface area contributed by atoms with Gasteiger partial charge in [-0.15, -0.1) is 23.7 Å². The molecule has 5 nitrogen and oxygen atoms in total. The molecule has 0 aliphatic heterocycles. The van der Waals surface area contributed by atoms with Gasteiger partial charge in [0.15, 0.2) is 0 Å². The summed E-state index contributed by atoms with van der Waals surface area (Å²) in [5.41, 5.74) is 6.95. The fourth-order valence-corrected chi connectivity index (χ4v) is 4.76. The predicted molar refractivity (Wildman–Crippen MR) is 108 cm³/mol. The summed E-state index contributed by atoms with van der Waals surface area (Å²) in [6, 6.07) is 5.89. The molecule has 2 aliphatic carbocycles. The van der Waals surface area contributed by atoms with Crippen LogP contribution in [-0.4, -0.2) is 29.1 Å². The molecular formula is C19H26ClN3O2S. The standard InChI is InChI=1S/C19H25N3O2S.ClH/c1-4-24-15-10-19(20,18(15,2)3)17(23)21-12-7-8-13-14(9-12)25-16(22-13)11-5-6-11;/h7-9,11,15H,4-6,10,20H2,1-3H3,(H,21,23);1H. The fraction of sp³-hybridized carbons (Fsp3) is 0.579. The van der Waals surface area contributed by atoms with Gasteiger partial charge in [0.25, 0.3) is 0 Å². The average molecular weight is 396 g/mol. The fourth-order valence-electron chi connectivity index (χ4n) is 3.59. The van der Waals surface area contributed by atoms with E-state index in [1.807, 2.05) is 39.0 Å². The molecule has 0 spiro atoms. The third kappa shape index (κ3) is 3.03. The highest BCUT2D eigenvalue weighted by atomic mass is 35.5. The molecule has 0 saturated heterocycles. The van der Waals surface area contributed by atoms with E-state index < -0.39 is 5.54 Å². The van der Waals surface area contributed by atoms with Crippen LogP contribution in [0.2, 0.25) is 0 Å². The molecule has 1 aromatic heterocycles. The number of hydrogen-bond acceptors (Lipinski definition) is 5. The minimum absolute atomic E-state index is 0. The molecule has 2 aliphatic rings. The van der Waals surface area contributed by atoms with Gasteiger partial charge in [0, 0.05) is 30.0 Å². The minimum atomic E-state index is -0.908. The van der Waals surface area contributed by atoms with E-state index in [1.165, 1.54) is 17.8 Å². The quantitative estimate of drug-likeness (QED) is 0.800. The molecule has 1 amide bonds. The van der Waals surface area contributed by atoms with Crippen molar-refractivity contribution < 1.29 is 9.53 Å². The summed E-state index contributed by atoms with van der Waals surface area (Å²) >= 11 is 1.73. The molecule has 2 saturated carbocycles. The maximum Gasteiger partial charge on any atom is 0.245 e. The molecule has 2 aromatic rings. The Hall–Kier alpha value is -1.21. The Morgan fingerprint density at radius 1 is 1.42 bits per heavy atom. The lowest BCUT2D eigenvalue weighted by molar-refractivity contribution is -0.166. The second-order valence-corrected chi connectivity index (χ2v) is 8.87. The van der Waals surface area contributed by atoms with E-state index in [0.717, 1.165) is 15.9 Å². The first-order valence-corrected chi connectivity index (χ1v) is 9.79. The first-order valence-electron chi connectivity index (χ1n) is 8.97. The Morgan fingerprint density at radius 3 is 2.77 bits per heavy atom. The molecule has 2 atom stereocenters. The normalized spacial score (nSPS) is 26.8. The number of rotatable bonds is 5. The number of benzene rings is 1. The summed E-state index contributed by atoms with van der Waals surface area (Å²) in [6.45, 7) is 6.61. The number of nitrogens with zero attached hydrogens (tertiary/aromatic N) is 1. The number of halogens is 1. The van der Waals surface area contributed by atoms with Crippen molar-refractivity contribution in [1.82, 2.24) is 4.98 Å². The third-order valence-electron chi connectivity index (χ3n) is 5.82. The summed E-state index contributed by atoms with van der Waals surface area (Å²) in [7, 11) is 0. The van der Waals surface area contributed by atoms with Crippen LogP contribution >= 0.6 is 23.7 Å². The van der Waals surface area contributed by atoms with Gasteiger partial charge in [-0.25, -0.2) is 4.98 Å². The number of fused-ring (bicyclic) bond motifs is 1. The first-order chi connectivity index (χ1) is 11.8. The number of amides is 1. The molecule has 1 heterocycles. The molecule has 7 heteroatoms. The molecule has 0 radical (unpaired) electrons. The lowest BCUT2D eigenvalue weighted by atomic mass is 9.54. The summed E-state index contributed by atoms with van der Waals surface area (Å²) in [5.74, 6) is 0.508. The van der Waals surface area contributed by atoms with E-state index in [4.69, 9.17) is 10.5 Å². The van der Waals surface area contributed by atoms with Crippen LogP contribution in [0.25, 0.3) is 10.2 Å². The van der Waals surface area contributed by atoms with Crippen LogP contribution in [0.3, 0.4) is 0 Å². The van der Waals surface area contributed by atoms with E-state index in [0.29, 0.717) is 18.9 Å². The van der Waals surface area contributed by atoms with Crippen LogP contribution in [-0.2, 0) is 9.53 Å². The molecule has 142 valence electrons. The molecule has 2 unspecified atom stereocenters. The number of carbonyl (C=O) groups is 1. The van der Waals surface area contributed by atoms with Crippen LogP contribution in [0, 0.1) is 5.41 Å². The number of anilines is 1. The monoisotopic (exact) mass is 395 g/mol. The van der Waals surface area contributed by atoms with Crippen LogP contribution in [0.5, 0.6) is 0 Å². The van der Waals surface area contributed by atoms with Crippen LogP contribution in [0.1, 0.15) is 51.0 Å². The van der Waals surface area contributed by atoms with Gasteiger partial charge in [-0.2, -0.15) is 0 Å². The molecule has 1 aromatic carbocycles. The van der Waals surface area contributed by atoms with Gasteiger partial charge in [-0.1, -0.05) is 13.8 Å². The van der Waals surface area contributed by atoms with Gasteiger partial charge >= 0.3 is 0 Å². The van der Waals surface area contributed by atoms with Gasteiger partial charge in [0.05, 0.1) is 21.3 Å². The lowest BCUT2D eigenvalue weighted by Gasteiger charge is -2.57. The van der Waals surface area contributed by atoms with E-state index in [-0.39, 0.29) is 29.8 Å². The van der Waals surface area contributed by atoms with Gasteiger partial charge in [0.2, 0.25) is 5.91 Å². The Balaban J connectivity index is 0.00000196. The Bertz CT molecular complexity index is 833. The van der Waals surface area contributed by atoms with Crippen LogP contribution in [0.15, 0.2) is 18.2 Å². The van der Waals surface area contributed by atoms with E-state index in [1.54, 1.807) is 11.3 Å². The lowest BCUT2D eigenvalue weighted by Crippen LogP contribution is -2.74. The Morgan fingerprint density at radius 2 is 2.15 bits per heavy atom. The zero-order valence-electron chi connectivity index (χ0n) is 15.4. The van der Waals surface area contributed by atoms with Crippen molar-refractivity contribution in [2.45, 2.75) is 57.6 Å². The van der Waals surface area contributed by atoms with Gasteiger partial charge in [-0.05, 0) is 38.0 Å². The zero-order chi connectivity index (χ0) is 17.8. The number of carbonyl (C=O) groups excluding carboxylic acids is 1. The molecule has 0 bridgehead atoms. The Labute approximate surface area is 164 Å². The summed E-state index contributed by atoms with van der Waals surface area (Å²) < 4.78 is 6.83. The number of nitrogens with one attached hydrogen (secondary N) is 1. The maximum atomic E-state index is 12.8. The van der Waals surface area contributed by atoms with Crippen molar-refractivity contribution in [2.75, 3.05) is 11.9 Å². The number of aromatic nitrogens is 1. The summed E-state index contributed by atoms with van der Waals surface area (Å²) in [6.07, 6.45) is 3.07. The van der Waals surface area contributed by atoms with Gasteiger partial charge in [0.1, 0.15) is 5.54 Å². The zero-order valence-corrected chi connectivity index (χ0v) is 17.0.